The minimum Gasteiger partial charge on any atom is -0.396 e. The maximum atomic E-state index is 6.00. The van der Waals surface area contributed by atoms with Crippen molar-refractivity contribution in [2.75, 3.05) is 37.8 Å². The van der Waals surface area contributed by atoms with Crippen molar-refractivity contribution in [1.82, 2.24) is 9.88 Å². The molecular formula is C13H22N4. The van der Waals surface area contributed by atoms with Crippen molar-refractivity contribution in [2.24, 2.45) is 5.92 Å². The van der Waals surface area contributed by atoms with Crippen molar-refractivity contribution in [3.8, 4) is 0 Å². The Morgan fingerprint density at radius 2 is 2.18 bits per heavy atom. The molecule has 0 aliphatic carbocycles. The van der Waals surface area contributed by atoms with Gasteiger partial charge in [-0.15, -0.1) is 0 Å². The Kier molecular flexibility index (Phi) is 3.52. The average molecular weight is 234 g/mol. The Hall–Kier alpha value is -1.29. The summed E-state index contributed by atoms with van der Waals surface area (Å²) < 4.78 is 0. The topological polar surface area (TPSA) is 45.4 Å². The van der Waals surface area contributed by atoms with Crippen LogP contribution < -0.4 is 10.6 Å². The van der Waals surface area contributed by atoms with E-state index in [2.05, 4.69) is 35.8 Å². The van der Waals surface area contributed by atoms with E-state index in [0.717, 1.165) is 24.5 Å². The van der Waals surface area contributed by atoms with Gasteiger partial charge >= 0.3 is 0 Å². The number of nitrogen functional groups attached to an aromatic ring is 1. The normalized spacial score (nSPS) is 25.3. The summed E-state index contributed by atoms with van der Waals surface area (Å²) in [4.78, 5) is 8.74. The molecule has 1 aromatic heterocycles. The first-order valence-electron chi connectivity index (χ1n) is 6.18. The number of hydrogen-bond donors (Lipinski definition) is 1. The lowest BCUT2D eigenvalue weighted by Crippen LogP contribution is -2.48. The third-order valence-electron chi connectivity index (χ3n) is 3.54. The van der Waals surface area contributed by atoms with Crippen LogP contribution in [0.15, 0.2) is 18.5 Å². The molecule has 2 heterocycles. The quantitative estimate of drug-likeness (QED) is 0.841. The lowest BCUT2D eigenvalue weighted by atomic mass is 9.95. The third kappa shape index (κ3) is 2.69. The lowest BCUT2D eigenvalue weighted by molar-refractivity contribution is 0.226. The van der Waals surface area contributed by atoms with Crippen LogP contribution in [0.25, 0.3) is 0 Å². The zero-order valence-electron chi connectivity index (χ0n) is 10.9. The molecule has 1 saturated heterocycles. The molecular weight excluding hydrogens is 212 g/mol. The Labute approximate surface area is 103 Å². The molecule has 94 valence electrons. The smallest absolute Gasteiger partial charge is 0.0738 e. The van der Waals surface area contributed by atoms with Crippen LogP contribution in [0, 0.1) is 5.92 Å². The molecule has 2 rings (SSSR count). The van der Waals surface area contributed by atoms with Gasteiger partial charge in [0.1, 0.15) is 0 Å². The predicted molar refractivity (Wildman–Crippen MR) is 72.1 cm³/mol. The van der Waals surface area contributed by atoms with E-state index in [9.17, 15) is 0 Å². The molecule has 2 N–H and O–H groups in total. The second kappa shape index (κ2) is 4.92. The maximum absolute atomic E-state index is 6.00. The van der Waals surface area contributed by atoms with Gasteiger partial charge in [0.2, 0.25) is 0 Å². The second-order valence-electron chi connectivity index (χ2n) is 5.30. The van der Waals surface area contributed by atoms with Crippen molar-refractivity contribution in [2.45, 2.75) is 19.4 Å². The summed E-state index contributed by atoms with van der Waals surface area (Å²) in [5.41, 5.74) is 7.90. The monoisotopic (exact) mass is 234 g/mol. The van der Waals surface area contributed by atoms with E-state index in [1.807, 2.05) is 12.3 Å². The van der Waals surface area contributed by atoms with E-state index >= 15 is 0 Å². The Morgan fingerprint density at radius 3 is 2.82 bits per heavy atom. The van der Waals surface area contributed by atoms with Gasteiger partial charge in [-0.05, 0) is 32.5 Å². The summed E-state index contributed by atoms with van der Waals surface area (Å²) in [6.07, 6.45) is 4.81. The summed E-state index contributed by atoms with van der Waals surface area (Å²) in [5.74, 6) is 0.698. The van der Waals surface area contributed by atoms with E-state index in [4.69, 9.17) is 5.73 Å². The van der Waals surface area contributed by atoms with Gasteiger partial charge < -0.3 is 15.5 Å². The van der Waals surface area contributed by atoms with Crippen molar-refractivity contribution in [3.63, 3.8) is 0 Å². The molecule has 1 aliphatic heterocycles. The average Bonchev–Trinajstić information content (AvgIpc) is 2.28. The first kappa shape index (κ1) is 12.2. The van der Waals surface area contributed by atoms with Crippen LogP contribution in [0.1, 0.15) is 13.3 Å². The molecule has 1 fully saturated rings. The molecule has 4 heteroatoms. The van der Waals surface area contributed by atoms with Gasteiger partial charge in [0.25, 0.3) is 0 Å². The van der Waals surface area contributed by atoms with Gasteiger partial charge in [-0.25, -0.2) is 0 Å². The van der Waals surface area contributed by atoms with Gasteiger partial charge in [-0.2, -0.15) is 0 Å². The molecule has 1 aromatic rings. The van der Waals surface area contributed by atoms with Crippen molar-refractivity contribution >= 4 is 11.4 Å². The van der Waals surface area contributed by atoms with Crippen LogP contribution >= 0.6 is 0 Å². The molecule has 0 radical (unpaired) electrons. The maximum Gasteiger partial charge on any atom is 0.0738 e. The molecule has 1 aliphatic rings. The Balaban J connectivity index is 2.18. The van der Waals surface area contributed by atoms with Gasteiger partial charge in [0.05, 0.1) is 17.6 Å². The van der Waals surface area contributed by atoms with Crippen LogP contribution in [0.5, 0.6) is 0 Å². The largest absolute Gasteiger partial charge is 0.396 e. The zero-order valence-corrected chi connectivity index (χ0v) is 10.9. The number of hydrogen-bond acceptors (Lipinski definition) is 4. The third-order valence-corrected chi connectivity index (χ3v) is 3.54. The molecule has 2 atom stereocenters. The SMILES string of the molecule is CC1CC(N(C)C)CN(c2ccncc2N)C1. The summed E-state index contributed by atoms with van der Waals surface area (Å²) in [5, 5.41) is 0. The van der Waals surface area contributed by atoms with E-state index < -0.39 is 0 Å². The predicted octanol–water partition coefficient (Wildman–Crippen LogP) is 1.44. The zero-order chi connectivity index (χ0) is 12.4. The van der Waals surface area contributed by atoms with Crippen LogP contribution in [-0.2, 0) is 0 Å². The highest BCUT2D eigenvalue weighted by Gasteiger charge is 2.26. The fraction of sp³-hybridized carbons (Fsp3) is 0.615. The van der Waals surface area contributed by atoms with Gasteiger partial charge in [0.15, 0.2) is 0 Å². The van der Waals surface area contributed by atoms with Gasteiger partial charge in [-0.3, -0.25) is 4.98 Å². The fourth-order valence-corrected chi connectivity index (χ4v) is 2.58. The van der Waals surface area contributed by atoms with E-state index in [1.54, 1.807) is 6.20 Å². The summed E-state index contributed by atoms with van der Waals surface area (Å²) in [6.45, 7) is 4.43. The van der Waals surface area contributed by atoms with Crippen LogP contribution in [0.4, 0.5) is 11.4 Å². The molecule has 0 aromatic carbocycles. The van der Waals surface area contributed by atoms with Crippen LogP contribution in [-0.4, -0.2) is 43.1 Å². The van der Waals surface area contributed by atoms with Gasteiger partial charge in [-0.1, -0.05) is 6.92 Å². The second-order valence-corrected chi connectivity index (χ2v) is 5.30. The number of piperidine rings is 1. The molecule has 0 amide bonds. The highest BCUT2D eigenvalue weighted by molar-refractivity contribution is 5.66. The standard InChI is InChI=1S/C13H22N4/c1-10-6-11(16(2)3)9-17(8-10)13-4-5-15-7-12(13)14/h4-5,7,10-11H,6,8-9,14H2,1-3H3. The number of aromatic nitrogens is 1. The van der Waals surface area contributed by atoms with Gasteiger partial charge in [0, 0.05) is 25.3 Å². The minimum atomic E-state index is 0.603. The lowest BCUT2D eigenvalue weighted by Gasteiger charge is -2.41. The highest BCUT2D eigenvalue weighted by Crippen LogP contribution is 2.28. The molecule has 17 heavy (non-hydrogen) atoms. The van der Waals surface area contributed by atoms with E-state index in [1.165, 1.54) is 6.42 Å². The molecule has 2 unspecified atom stereocenters. The van der Waals surface area contributed by atoms with Crippen LogP contribution in [0.3, 0.4) is 0 Å². The van der Waals surface area contributed by atoms with Crippen molar-refractivity contribution in [3.05, 3.63) is 18.5 Å². The van der Waals surface area contributed by atoms with E-state index in [0.29, 0.717) is 12.0 Å². The number of nitrogens with two attached hydrogens (primary N) is 1. The summed E-state index contributed by atoms with van der Waals surface area (Å²) >= 11 is 0. The highest BCUT2D eigenvalue weighted by atomic mass is 15.2. The summed E-state index contributed by atoms with van der Waals surface area (Å²) in [6, 6.07) is 2.62. The Bertz CT molecular complexity index is 377. The number of rotatable bonds is 2. The van der Waals surface area contributed by atoms with E-state index in [-0.39, 0.29) is 0 Å². The number of nitrogens with zero attached hydrogens (tertiary/aromatic N) is 3. The number of likely N-dealkylation sites (N-methyl/N-ethyl adjacent to an activating group) is 1. The molecule has 0 spiro atoms. The molecule has 0 saturated carbocycles. The molecule has 4 nitrogen and oxygen atoms in total. The number of anilines is 2. The number of pyridine rings is 1. The van der Waals surface area contributed by atoms with Crippen molar-refractivity contribution < 1.29 is 0 Å². The first-order valence-corrected chi connectivity index (χ1v) is 6.18. The minimum absolute atomic E-state index is 0.603. The fourth-order valence-electron chi connectivity index (χ4n) is 2.58. The molecule has 0 bridgehead atoms. The van der Waals surface area contributed by atoms with Crippen LogP contribution in [0.2, 0.25) is 0 Å². The first-order chi connectivity index (χ1) is 8.08. The van der Waals surface area contributed by atoms with Crippen molar-refractivity contribution in [1.29, 1.82) is 0 Å². The summed E-state index contributed by atoms with van der Waals surface area (Å²) in [7, 11) is 4.30. The Morgan fingerprint density at radius 1 is 1.41 bits per heavy atom.